The normalized spacial score (nSPS) is 16.2. The number of thioether (sulfide) groups is 1. The second-order valence-electron chi connectivity index (χ2n) is 7.58. The van der Waals surface area contributed by atoms with E-state index in [0.29, 0.717) is 16.6 Å². The number of aryl methyl sites for hydroxylation is 2. The zero-order valence-electron chi connectivity index (χ0n) is 18.2. The molecule has 0 unspecified atom stereocenters. The van der Waals surface area contributed by atoms with E-state index in [-0.39, 0.29) is 11.7 Å². The Kier molecular flexibility index (Phi) is 6.32. The Morgan fingerprint density at radius 1 is 1.03 bits per heavy atom. The topological polar surface area (TPSA) is 62.1 Å². The molecule has 0 bridgehead atoms. The highest BCUT2D eigenvalue weighted by Crippen LogP contribution is 2.36. The fourth-order valence-corrected chi connectivity index (χ4v) is 4.48. The third-order valence-electron chi connectivity index (χ3n) is 5.18. The van der Waals surface area contributed by atoms with Crippen molar-refractivity contribution in [1.82, 2.24) is 4.90 Å². The maximum Gasteiger partial charge on any atom is 0.267 e. The van der Waals surface area contributed by atoms with Crippen LogP contribution in [0.15, 0.2) is 76.6 Å². The Labute approximate surface area is 192 Å². The fraction of sp³-hybridized carbons (Fsp3) is 0.154. The van der Waals surface area contributed by atoms with Gasteiger partial charge in [0.2, 0.25) is 0 Å². The summed E-state index contributed by atoms with van der Waals surface area (Å²) < 4.78 is 5.24. The number of carbonyl (C=O) groups is 1. The number of para-hydroxylation sites is 1. The molecule has 1 saturated heterocycles. The van der Waals surface area contributed by atoms with Crippen molar-refractivity contribution >= 4 is 34.6 Å². The summed E-state index contributed by atoms with van der Waals surface area (Å²) in [7, 11) is 1.63. The average molecular weight is 445 g/mol. The highest BCUT2D eigenvalue weighted by atomic mass is 32.2. The molecule has 0 aliphatic carbocycles. The van der Waals surface area contributed by atoms with Gasteiger partial charge in [-0.15, -0.1) is 0 Å². The van der Waals surface area contributed by atoms with Gasteiger partial charge in [-0.25, -0.2) is 4.99 Å². The number of benzene rings is 3. The monoisotopic (exact) mass is 444 g/mol. The van der Waals surface area contributed by atoms with Gasteiger partial charge >= 0.3 is 0 Å². The van der Waals surface area contributed by atoms with Crippen molar-refractivity contribution in [3.05, 3.63) is 93.9 Å². The van der Waals surface area contributed by atoms with Crippen molar-refractivity contribution in [1.29, 1.82) is 0 Å². The van der Waals surface area contributed by atoms with Crippen LogP contribution in [-0.4, -0.2) is 28.2 Å². The lowest BCUT2D eigenvalue weighted by molar-refractivity contribution is -0.122. The SMILES string of the molecule is COc1ccc(CN2C(=O)C(=Cc3cc(C)c(O)c(C)c3)SC2=Nc2ccccc2)cc1. The molecule has 1 N–H and O–H groups in total. The van der Waals surface area contributed by atoms with Gasteiger partial charge in [-0.2, -0.15) is 0 Å². The lowest BCUT2D eigenvalue weighted by Gasteiger charge is -2.16. The number of ether oxygens (including phenoxy) is 1. The van der Waals surface area contributed by atoms with Crippen LogP contribution in [0.1, 0.15) is 22.3 Å². The first-order valence-electron chi connectivity index (χ1n) is 10.2. The molecule has 0 spiro atoms. The van der Waals surface area contributed by atoms with Crippen molar-refractivity contribution in [3.8, 4) is 11.5 Å². The molecule has 0 saturated carbocycles. The number of rotatable bonds is 5. The summed E-state index contributed by atoms with van der Waals surface area (Å²) in [5, 5.41) is 10.7. The number of amides is 1. The van der Waals surface area contributed by atoms with E-state index in [0.717, 1.165) is 33.7 Å². The summed E-state index contributed by atoms with van der Waals surface area (Å²) in [5.41, 5.74) is 4.21. The van der Waals surface area contributed by atoms with Crippen molar-refractivity contribution < 1.29 is 14.6 Å². The van der Waals surface area contributed by atoms with E-state index < -0.39 is 0 Å². The van der Waals surface area contributed by atoms with E-state index in [1.807, 2.05) is 86.7 Å². The van der Waals surface area contributed by atoms with Crippen LogP contribution in [0.25, 0.3) is 6.08 Å². The number of phenols is 1. The van der Waals surface area contributed by atoms with Crippen LogP contribution in [0.5, 0.6) is 11.5 Å². The second-order valence-corrected chi connectivity index (χ2v) is 8.59. The van der Waals surface area contributed by atoms with Crippen molar-refractivity contribution in [2.24, 2.45) is 4.99 Å². The van der Waals surface area contributed by atoms with Crippen LogP contribution in [0.4, 0.5) is 5.69 Å². The predicted octanol–water partition coefficient (Wildman–Crippen LogP) is 5.82. The predicted molar refractivity (Wildman–Crippen MR) is 130 cm³/mol. The first kappa shape index (κ1) is 21.7. The first-order valence-corrected chi connectivity index (χ1v) is 11.0. The first-order chi connectivity index (χ1) is 15.4. The Balaban J connectivity index is 1.70. The van der Waals surface area contributed by atoms with Gasteiger partial charge in [-0.1, -0.05) is 30.3 Å². The lowest BCUT2D eigenvalue weighted by Crippen LogP contribution is -2.28. The van der Waals surface area contributed by atoms with Crippen LogP contribution in [0.2, 0.25) is 0 Å². The smallest absolute Gasteiger partial charge is 0.267 e. The van der Waals surface area contributed by atoms with E-state index in [1.165, 1.54) is 11.8 Å². The number of nitrogens with zero attached hydrogens (tertiary/aromatic N) is 2. The number of hydrogen-bond donors (Lipinski definition) is 1. The third kappa shape index (κ3) is 4.70. The number of aromatic hydroxyl groups is 1. The number of carbonyl (C=O) groups excluding carboxylic acids is 1. The van der Waals surface area contributed by atoms with E-state index in [9.17, 15) is 9.90 Å². The minimum Gasteiger partial charge on any atom is -0.507 e. The minimum atomic E-state index is -0.0936. The molecule has 32 heavy (non-hydrogen) atoms. The average Bonchev–Trinajstić information content (AvgIpc) is 3.07. The van der Waals surface area contributed by atoms with Gasteiger partial charge in [0, 0.05) is 0 Å². The van der Waals surface area contributed by atoms with Crippen molar-refractivity contribution in [2.45, 2.75) is 20.4 Å². The fourth-order valence-electron chi connectivity index (χ4n) is 3.48. The number of aliphatic imine (C=N–C) groups is 1. The molecule has 3 aromatic carbocycles. The van der Waals surface area contributed by atoms with Crippen LogP contribution < -0.4 is 4.74 Å². The van der Waals surface area contributed by atoms with Gasteiger partial charge < -0.3 is 9.84 Å². The summed E-state index contributed by atoms with van der Waals surface area (Å²) in [6, 6.07) is 21.0. The zero-order valence-corrected chi connectivity index (χ0v) is 19.0. The van der Waals surface area contributed by atoms with E-state index in [2.05, 4.69) is 0 Å². The molecule has 0 radical (unpaired) electrons. The highest BCUT2D eigenvalue weighted by molar-refractivity contribution is 8.18. The Morgan fingerprint density at radius 3 is 2.31 bits per heavy atom. The number of methoxy groups -OCH3 is 1. The molecule has 1 fully saturated rings. The Hall–Kier alpha value is -3.51. The van der Waals surface area contributed by atoms with E-state index in [4.69, 9.17) is 9.73 Å². The van der Waals surface area contributed by atoms with Gasteiger partial charge in [0.25, 0.3) is 5.91 Å². The molecule has 0 atom stereocenters. The Bertz CT molecular complexity index is 1180. The summed E-state index contributed by atoms with van der Waals surface area (Å²) in [6.45, 7) is 4.12. The molecule has 4 rings (SSSR count). The summed E-state index contributed by atoms with van der Waals surface area (Å²) >= 11 is 1.36. The molecule has 1 heterocycles. The maximum absolute atomic E-state index is 13.4. The molecular formula is C26H24N2O3S. The molecule has 1 aliphatic heterocycles. The summed E-state index contributed by atoms with van der Waals surface area (Å²) in [5.74, 6) is 0.960. The van der Waals surface area contributed by atoms with Gasteiger partial charge in [0.05, 0.1) is 24.2 Å². The molecular weight excluding hydrogens is 420 g/mol. The minimum absolute atomic E-state index is 0.0936. The Morgan fingerprint density at radius 2 is 1.69 bits per heavy atom. The molecule has 5 nitrogen and oxygen atoms in total. The number of hydrogen-bond acceptors (Lipinski definition) is 5. The van der Waals surface area contributed by atoms with Gasteiger partial charge in [-0.05, 0) is 90.3 Å². The quantitative estimate of drug-likeness (QED) is 0.504. The largest absolute Gasteiger partial charge is 0.507 e. The van der Waals surface area contributed by atoms with Crippen LogP contribution in [0, 0.1) is 13.8 Å². The van der Waals surface area contributed by atoms with Crippen LogP contribution >= 0.6 is 11.8 Å². The number of amidine groups is 1. The lowest BCUT2D eigenvalue weighted by atomic mass is 10.1. The van der Waals surface area contributed by atoms with E-state index in [1.54, 1.807) is 12.0 Å². The van der Waals surface area contributed by atoms with Gasteiger partial charge in [0.1, 0.15) is 11.5 Å². The highest BCUT2D eigenvalue weighted by Gasteiger charge is 2.33. The standard InChI is InChI=1S/C26H24N2O3S/c1-17-13-20(14-18(2)24(17)29)15-23-25(30)28(16-19-9-11-22(31-3)12-10-19)26(32-23)27-21-7-5-4-6-8-21/h4-15,29H,16H2,1-3H3. The maximum atomic E-state index is 13.4. The summed E-state index contributed by atoms with van der Waals surface area (Å²) in [4.78, 5) is 20.4. The second kappa shape index (κ2) is 9.32. The number of phenolic OH excluding ortho intramolecular Hbond substituents is 1. The van der Waals surface area contributed by atoms with Crippen LogP contribution in [-0.2, 0) is 11.3 Å². The molecule has 6 heteroatoms. The van der Waals surface area contributed by atoms with Gasteiger partial charge in [-0.3, -0.25) is 9.69 Å². The molecule has 1 aliphatic rings. The van der Waals surface area contributed by atoms with Crippen LogP contribution in [0.3, 0.4) is 0 Å². The summed E-state index contributed by atoms with van der Waals surface area (Å²) in [6.07, 6.45) is 1.86. The third-order valence-corrected chi connectivity index (χ3v) is 6.19. The molecule has 3 aromatic rings. The van der Waals surface area contributed by atoms with Crippen molar-refractivity contribution in [3.63, 3.8) is 0 Å². The molecule has 1 amide bonds. The molecule has 0 aromatic heterocycles. The van der Waals surface area contributed by atoms with Gasteiger partial charge in [0.15, 0.2) is 5.17 Å². The zero-order chi connectivity index (χ0) is 22.7. The van der Waals surface area contributed by atoms with Crippen molar-refractivity contribution in [2.75, 3.05) is 7.11 Å². The van der Waals surface area contributed by atoms with E-state index >= 15 is 0 Å². The molecule has 162 valence electrons.